The lowest BCUT2D eigenvalue weighted by molar-refractivity contribution is -0.135. The Labute approximate surface area is 107 Å². The Morgan fingerprint density at radius 3 is 2.47 bits per heavy atom. The van der Waals surface area contributed by atoms with Crippen LogP contribution in [0.25, 0.3) is 0 Å². The second-order valence-corrected chi connectivity index (χ2v) is 4.25. The van der Waals surface area contributed by atoms with Crippen molar-refractivity contribution in [2.24, 2.45) is 0 Å². The van der Waals surface area contributed by atoms with E-state index in [0.29, 0.717) is 6.42 Å². The van der Waals surface area contributed by atoms with Crippen LogP contribution in [0.4, 0.5) is 0 Å². The van der Waals surface area contributed by atoms with Gasteiger partial charge in [-0.05, 0) is 18.1 Å². The normalized spacial score (nSPS) is 11.2. The maximum atomic E-state index is 11.3. The number of aryl methyl sites for hydroxylation is 1. The molecule has 0 spiro atoms. The number of aliphatic hydroxyl groups excluding tert-OH is 1. The van der Waals surface area contributed by atoms with Crippen molar-refractivity contribution in [3.8, 4) is 0 Å². The number of carbonyl (C=O) groups excluding carboxylic acids is 1. The molecule has 0 aliphatic carbocycles. The molecule has 1 rings (SSSR count). The van der Waals surface area contributed by atoms with Crippen molar-refractivity contribution < 1.29 is 19.8 Å². The molecule has 4 nitrogen and oxygen atoms in total. The fourth-order valence-electron chi connectivity index (χ4n) is 1.25. The fourth-order valence-corrected chi connectivity index (χ4v) is 1.73. The first-order valence-electron chi connectivity index (χ1n) is 4.91. The number of hydrogen-bond acceptors (Lipinski definition) is 3. The van der Waals surface area contributed by atoms with Gasteiger partial charge in [-0.2, -0.15) is 0 Å². The summed E-state index contributed by atoms with van der Waals surface area (Å²) >= 11 is 3.35. The van der Waals surface area contributed by atoms with Crippen molar-refractivity contribution in [3.63, 3.8) is 0 Å². The number of benzene rings is 1. The Bertz CT molecular complexity index is 465. The van der Waals surface area contributed by atoms with Crippen LogP contribution >= 0.6 is 15.9 Å². The van der Waals surface area contributed by atoms with Gasteiger partial charge in [-0.15, -0.1) is 0 Å². The van der Waals surface area contributed by atoms with Gasteiger partial charge in [0, 0.05) is 17.0 Å². The molecule has 0 saturated carbocycles. The van der Waals surface area contributed by atoms with E-state index in [2.05, 4.69) is 15.9 Å². The van der Waals surface area contributed by atoms with E-state index in [9.17, 15) is 9.59 Å². The van der Waals surface area contributed by atoms with E-state index in [-0.39, 0.29) is 6.42 Å². The van der Waals surface area contributed by atoms with Crippen molar-refractivity contribution in [2.45, 2.75) is 12.8 Å². The first-order chi connectivity index (χ1) is 8.00. The highest BCUT2D eigenvalue weighted by atomic mass is 79.9. The number of allylic oxidation sites excluding steroid dienone is 1. The molecule has 0 bridgehead atoms. The molecule has 0 heterocycles. The lowest BCUT2D eigenvalue weighted by Gasteiger charge is -2.01. The third kappa shape index (κ3) is 4.40. The molecule has 0 aromatic heterocycles. The van der Waals surface area contributed by atoms with Crippen molar-refractivity contribution in [1.29, 1.82) is 0 Å². The van der Waals surface area contributed by atoms with Crippen molar-refractivity contribution in [3.05, 3.63) is 46.1 Å². The summed E-state index contributed by atoms with van der Waals surface area (Å²) in [7, 11) is 0. The van der Waals surface area contributed by atoms with Gasteiger partial charge in [0.25, 0.3) is 0 Å². The first-order valence-corrected chi connectivity index (χ1v) is 5.70. The number of ketones is 1. The molecule has 90 valence electrons. The van der Waals surface area contributed by atoms with Gasteiger partial charge in [-0.25, -0.2) is 4.79 Å². The van der Waals surface area contributed by atoms with Crippen molar-refractivity contribution in [2.75, 3.05) is 0 Å². The molecule has 0 fully saturated rings. The molecule has 0 radical (unpaired) electrons. The van der Waals surface area contributed by atoms with E-state index in [1.807, 2.05) is 24.3 Å². The molecule has 0 aliphatic rings. The second-order valence-electron chi connectivity index (χ2n) is 3.39. The monoisotopic (exact) mass is 298 g/mol. The molecular weight excluding hydrogens is 288 g/mol. The minimum atomic E-state index is -1.50. The van der Waals surface area contributed by atoms with Crippen LogP contribution < -0.4 is 0 Å². The third-order valence-electron chi connectivity index (χ3n) is 2.12. The minimum absolute atomic E-state index is 0.153. The van der Waals surface area contributed by atoms with Crippen molar-refractivity contribution >= 4 is 27.7 Å². The summed E-state index contributed by atoms with van der Waals surface area (Å²) < 4.78 is 0.902. The summed E-state index contributed by atoms with van der Waals surface area (Å²) in [6.45, 7) is 0. The van der Waals surface area contributed by atoms with Gasteiger partial charge < -0.3 is 10.2 Å². The zero-order valence-corrected chi connectivity index (χ0v) is 10.5. The Balaban J connectivity index is 2.58. The molecule has 5 heteroatoms. The van der Waals surface area contributed by atoms with Gasteiger partial charge in [0.1, 0.15) is 0 Å². The summed E-state index contributed by atoms with van der Waals surface area (Å²) in [5.41, 5.74) is 0.962. The van der Waals surface area contributed by atoms with Crippen molar-refractivity contribution in [1.82, 2.24) is 0 Å². The Kier molecular flexibility index (Phi) is 4.90. The SMILES string of the molecule is O=C(/C=C(\O)C(=O)O)CCc1ccccc1Br. The summed E-state index contributed by atoms with van der Waals surface area (Å²) in [5.74, 6) is -2.85. The van der Waals surface area contributed by atoms with E-state index < -0.39 is 17.5 Å². The van der Waals surface area contributed by atoms with Crippen LogP contribution in [0.1, 0.15) is 12.0 Å². The maximum Gasteiger partial charge on any atom is 0.371 e. The van der Waals surface area contributed by atoms with Gasteiger partial charge in [0.05, 0.1) is 0 Å². The molecule has 2 N–H and O–H groups in total. The second kappa shape index (κ2) is 6.20. The molecule has 0 aliphatic heterocycles. The van der Waals surface area contributed by atoms with E-state index in [1.165, 1.54) is 0 Å². The summed E-state index contributed by atoms with van der Waals surface area (Å²) in [5, 5.41) is 17.3. The quantitative estimate of drug-likeness (QED) is 0.647. The Morgan fingerprint density at radius 2 is 1.88 bits per heavy atom. The molecule has 0 unspecified atom stereocenters. The lowest BCUT2D eigenvalue weighted by Crippen LogP contribution is -2.04. The van der Waals surface area contributed by atoms with Gasteiger partial charge in [0.2, 0.25) is 5.76 Å². The van der Waals surface area contributed by atoms with Crippen LogP contribution in [0.3, 0.4) is 0 Å². The molecule has 17 heavy (non-hydrogen) atoms. The van der Waals surface area contributed by atoms with Crippen LogP contribution in [0, 0.1) is 0 Å². The Morgan fingerprint density at radius 1 is 1.24 bits per heavy atom. The Hall–Kier alpha value is -1.62. The van der Waals surface area contributed by atoms with Crippen LogP contribution in [-0.2, 0) is 16.0 Å². The zero-order chi connectivity index (χ0) is 12.8. The van der Waals surface area contributed by atoms with Gasteiger partial charge in [-0.3, -0.25) is 4.79 Å². The molecule has 0 saturated heterocycles. The molecule has 1 aromatic carbocycles. The number of carboxylic acids is 1. The van der Waals surface area contributed by atoms with Crippen LogP contribution in [0.15, 0.2) is 40.6 Å². The van der Waals surface area contributed by atoms with E-state index in [1.54, 1.807) is 0 Å². The highest BCUT2D eigenvalue weighted by Crippen LogP contribution is 2.17. The molecule has 1 aromatic rings. The third-order valence-corrected chi connectivity index (χ3v) is 2.89. The lowest BCUT2D eigenvalue weighted by atomic mass is 10.1. The highest BCUT2D eigenvalue weighted by Gasteiger charge is 2.08. The standard InChI is InChI=1S/C12H11BrO4/c13-10-4-2-1-3-8(10)5-6-9(14)7-11(15)12(16)17/h1-4,7,15H,5-6H2,(H,16,17)/b11-7-. The average Bonchev–Trinajstić information content (AvgIpc) is 2.27. The highest BCUT2D eigenvalue weighted by molar-refractivity contribution is 9.10. The molecule has 0 amide bonds. The first kappa shape index (κ1) is 13.4. The smallest absolute Gasteiger partial charge is 0.371 e. The molecular formula is C12H11BrO4. The number of carboxylic acid groups (broad SMARTS) is 1. The summed E-state index contributed by atoms with van der Waals surface area (Å²) in [6.07, 6.45) is 1.38. The molecule has 0 atom stereocenters. The average molecular weight is 299 g/mol. The predicted octanol–water partition coefficient (Wildman–Crippen LogP) is 2.48. The van der Waals surface area contributed by atoms with Gasteiger partial charge in [0.15, 0.2) is 5.78 Å². The van der Waals surface area contributed by atoms with E-state index in [4.69, 9.17) is 10.2 Å². The van der Waals surface area contributed by atoms with E-state index >= 15 is 0 Å². The summed E-state index contributed by atoms with van der Waals surface area (Å²) in [6, 6.07) is 7.46. The van der Waals surface area contributed by atoms with Gasteiger partial charge >= 0.3 is 5.97 Å². The number of aliphatic carboxylic acids is 1. The largest absolute Gasteiger partial charge is 0.502 e. The van der Waals surface area contributed by atoms with Crippen LogP contribution in [0.2, 0.25) is 0 Å². The predicted molar refractivity (Wildman–Crippen MR) is 65.8 cm³/mol. The number of halogens is 1. The maximum absolute atomic E-state index is 11.3. The number of aliphatic hydroxyl groups is 1. The van der Waals surface area contributed by atoms with E-state index in [0.717, 1.165) is 16.1 Å². The minimum Gasteiger partial charge on any atom is -0.502 e. The number of carbonyl (C=O) groups is 2. The topological polar surface area (TPSA) is 74.6 Å². The van der Waals surface area contributed by atoms with Crippen LogP contribution in [0.5, 0.6) is 0 Å². The van der Waals surface area contributed by atoms with Gasteiger partial charge in [-0.1, -0.05) is 34.1 Å². The zero-order valence-electron chi connectivity index (χ0n) is 8.89. The number of rotatable bonds is 5. The summed E-state index contributed by atoms with van der Waals surface area (Å²) in [4.78, 5) is 21.6. The number of hydrogen-bond donors (Lipinski definition) is 2. The fraction of sp³-hybridized carbons (Fsp3) is 0.167. The van der Waals surface area contributed by atoms with Crippen LogP contribution in [-0.4, -0.2) is 22.0 Å².